The van der Waals surface area contributed by atoms with Crippen LogP contribution in [0.5, 0.6) is 0 Å². The smallest absolute Gasteiger partial charge is 0.184 e. The Bertz CT molecular complexity index is 348. The molecule has 0 saturated heterocycles. The van der Waals surface area contributed by atoms with E-state index in [4.69, 9.17) is 4.74 Å². The van der Waals surface area contributed by atoms with Gasteiger partial charge in [-0.2, -0.15) is 0 Å². The van der Waals surface area contributed by atoms with Crippen LogP contribution in [0.15, 0.2) is 35.6 Å². The number of methoxy groups -OCH3 is 1. The van der Waals surface area contributed by atoms with Gasteiger partial charge >= 0.3 is 0 Å². The predicted octanol–water partition coefficient (Wildman–Crippen LogP) is 3.41. The summed E-state index contributed by atoms with van der Waals surface area (Å²) in [4.78, 5) is 11.8. The van der Waals surface area contributed by atoms with E-state index >= 15 is 0 Å². The molecule has 1 rings (SSSR count). The summed E-state index contributed by atoms with van der Waals surface area (Å²) in [5.74, 6) is 1.21. The number of rotatable bonds is 5. The van der Waals surface area contributed by atoms with E-state index in [0.717, 1.165) is 36.2 Å². The van der Waals surface area contributed by atoms with Crippen LogP contribution in [0.25, 0.3) is 0 Å². The summed E-state index contributed by atoms with van der Waals surface area (Å²) in [5, 5.41) is 0. The third-order valence-electron chi connectivity index (χ3n) is 3.06. The van der Waals surface area contributed by atoms with Gasteiger partial charge in [-0.25, -0.2) is 0 Å². The van der Waals surface area contributed by atoms with Crippen LogP contribution in [0.1, 0.15) is 33.1 Å². The summed E-state index contributed by atoms with van der Waals surface area (Å²) in [6.07, 6.45) is 6.33. The first-order valence-corrected chi connectivity index (χ1v) is 5.82. The molecule has 0 bridgehead atoms. The maximum Gasteiger partial charge on any atom is 0.184 e. The highest BCUT2D eigenvalue weighted by molar-refractivity contribution is 6.04. The maximum absolute atomic E-state index is 11.8. The first kappa shape index (κ1) is 12.8. The molecule has 0 saturated carbocycles. The van der Waals surface area contributed by atoms with Gasteiger partial charge in [-0.05, 0) is 36.8 Å². The summed E-state index contributed by atoms with van der Waals surface area (Å²) in [6, 6.07) is 0. The largest absolute Gasteiger partial charge is 0.496 e. The van der Waals surface area contributed by atoms with E-state index in [9.17, 15) is 4.79 Å². The molecule has 2 heteroatoms. The minimum atomic E-state index is -0.00523. The fourth-order valence-corrected chi connectivity index (χ4v) is 2.10. The molecule has 1 atom stereocenters. The summed E-state index contributed by atoms with van der Waals surface area (Å²) in [6.45, 7) is 7.77. The van der Waals surface area contributed by atoms with Crippen LogP contribution in [0, 0.1) is 5.92 Å². The Morgan fingerprint density at radius 2 is 2.31 bits per heavy atom. The highest BCUT2D eigenvalue weighted by Gasteiger charge is 2.24. The molecule has 2 nitrogen and oxygen atoms in total. The van der Waals surface area contributed by atoms with E-state index in [-0.39, 0.29) is 5.78 Å². The van der Waals surface area contributed by atoms with E-state index in [0.29, 0.717) is 5.92 Å². The van der Waals surface area contributed by atoms with Gasteiger partial charge in [0.05, 0.1) is 7.11 Å². The van der Waals surface area contributed by atoms with Crippen LogP contribution in [0.3, 0.4) is 0 Å². The lowest BCUT2D eigenvalue weighted by molar-refractivity contribution is -0.111. The monoisotopic (exact) mass is 220 g/mol. The number of carbonyl (C=O) groups excluding carboxylic acids is 1. The minimum absolute atomic E-state index is 0.00523. The Morgan fingerprint density at radius 3 is 2.75 bits per heavy atom. The average molecular weight is 220 g/mol. The van der Waals surface area contributed by atoms with Crippen LogP contribution in [-0.4, -0.2) is 12.9 Å². The topological polar surface area (TPSA) is 26.3 Å². The van der Waals surface area contributed by atoms with E-state index < -0.39 is 0 Å². The van der Waals surface area contributed by atoms with Crippen molar-refractivity contribution >= 4 is 5.78 Å². The fourth-order valence-electron chi connectivity index (χ4n) is 2.10. The molecule has 0 fully saturated rings. The van der Waals surface area contributed by atoms with E-state index in [1.807, 2.05) is 0 Å². The summed E-state index contributed by atoms with van der Waals surface area (Å²) in [7, 11) is 1.63. The number of ether oxygens (including phenoxy) is 1. The Hall–Kier alpha value is -1.31. The summed E-state index contributed by atoms with van der Waals surface area (Å²) in [5.41, 5.74) is 1.93. The molecule has 1 aliphatic rings. The number of allylic oxidation sites excluding steroid dienone is 4. The summed E-state index contributed by atoms with van der Waals surface area (Å²) < 4.78 is 5.37. The van der Waals surface area contributed by atoms with Gasteiger partial charge in [0.2, 0.25) is 0 Å². The van der Waals surface area contributed by atoms with Crippen molar-refractivity contribution in [2.45, 2.75) is 33.1 Å². The normalized spacial score (nSPS) is 20.4. The number of ketones is 1. The first-order chi connectivity index (χ1) is 7.67. The molecule has 88 valence electrons. The van der Waals surface area contributed by atoms with Crippen molar-refractivity contribution in [3.05, 3.63) is 35.6 Å². The molecule has 16 heavy (non-hydrogen) atoms. The van der Waals surface area contributed by atoms with Crippen LogP contribution < -0.4 is 0 Å². The second-order valence-corrected chi connectivity index (χ2v) is 4.00. The SMILES string of the molecule is C=CC(=O)C1=C(OC)C(CC)=CC(CC)C1. The van der Waals surface area contributed by atoms with E-state index in [2.05, 4.69) is 26.5 Å². The second-order valence-electron chi connectivity index (χ2n) is 4.00. The number of hydrogen-bond acceptors (Lipinski definition) is 2. The van der Waals surface area contributed by atoms with Gasteiger partial charge in [0.1, 0.15) is 5.76 Å². The quantitative estimate of drug-likeness (QED) is 0.664. The van der Waals surface area contributed by atoms with Crippen molar-refractivity contribution in [3.63, 3.8) is 0 Å². The van der Waals surface area contributed by atoms with Crippen molar-refractivity contribution in [3.8, 4) is 0 Å². The third-order valence-corrected chi connectivity index (χ3v) is 3.06. The van der Waals surface area contributed by atoms with Crippen molar-refractivity contribution in [2.75, 3.05) is 7.11 Å². The van der Waals surface area contributed by atoms with Gasteiger partial charge in [0.25, 0.3) is 0 Å². The van der Waals surface area contributed by atoms with Gasteiger partial charge < -0.3 is 4.74 Å². The van der Waals surface area contributed by atoms with Gasteiger partial charge in [-0.3, -0.25) is 4.79 Å². The zero-order chi connectivity index (χ0) is 12.1. The first-order valence-electron chi connectivity index (χ1n) is 5.82. The molecular weight excluding hydrogens is 200 g/mol. The zero-order valence-corrected chi connectivity index (χ0v) is 10.4. The van der Waals surface area contributed by atoms with Crippen LogP contribution in [0.2, 0.25) is 0 Å². The standard InChI is InChI=1S/C14H20O2/c1-5-10-8-11(6-2)14(16-4)12(9-10)13(15)7-3/h7-8,10H,3,5-6,9H2,1-2,4H3. The molecule has 0 radical (unpaired) electrons. The van der Waals surface area contributed by atoms with E-state index in [1.54, 1.807) is 7.11 Å². The van der Waals surface area contributed by atoms with Gasteiger partial charge in [-0.1, -0.05) is 26.5 Å². The van der Waals surface area contributed by atoms with Crippen LogP contribution in [0.4, 0.5) is 0 Å². The average Bonchev–Trinajstić information content (AvgIpc) is 2.35. The third kappa shape index (κ3) is 2.43. The lowest BCUT2D eigenvalue weighted by atomic mass is 9.84. The Labute approximate surface area is 97.7 Å². The van der Waals surface area contributed by atoms with Crippen LogP contribution in [-0.2, 0) is 9.53 Å². The van der Waals surface area contributed by atoms with Gasteiger partial charge in [-0.15, -0.1) is 0 Å². The molecule has 1 aliphatic carbocycles. The molecular formula is C14H20O2. The molecule has 0 amide bonds. The Kier molecular flexibility index (Phi) is 4.53. The zero-order valence-electron chi connectivity index (χ0n) is 10.4. The van der Waals surface area contributed by atoms with E-state index in [1.165, 1.54) is 6.08 Å². The molecule has 0 aliphatic heterocycles. The van der Waals surface area contributed by atoms with Crippen LogP contribution >= 0.6 is 0 Å². The molecule has 0 aromatic carbocycles. The highest BCUT2D eigenvalue weighted by atomic mass is 16.5. The van der Waals surface area contributed by atoms with Crippen molar-refractivity contribution in [2.24, 2.45) is 5.92 Å². The van der Waals surface area contributed by atoms with Crippen molar-refractivity contribution < 1.29 is 9.53 Å². The second kappa shape index (κ2) is 5.69. The van der Waals surface area contributed by atoms with Crippen molar-refractivity contribution in [1.29, 1.82) is 0 Å². The molecule has 0 N–H and O–H groups in total. The fraction of sp³-hybridized carbons (Fsp3) is 0.500. The molecule has 0 heterocycles. The lowest BCUT2D eigenvalue weighted by Crippen LogP contribution is -2.15. The molecule has 0 aromatic heterocycles. The predicted molar refractivity (Wildman–Crippen MR) is 66.0 cm³/mol. The Morgan fingerprint density at radius 1 is 1.62 bits per heavy atom. The number of hydrogen-bond donors (Lipinski definition) is 0. The number of carbonyl (C=O) groups is 1. The van der Waals surface area contributed by atoms with Gasteiger partial charge in [0.15, 0.2) is 5.78 Å². The highest BCUT2D eigenvalue weighted by Crippen LogP contribution is 2.33. The Balaban J connectivity index is 3.15. The molecule has 0 aromatic rings. The maximum atomic E-state index is 11.8. The van der Waals surface area contributed by atoms with Gasteiger partial charge in [0, 0.05) is 5.57 Å². The lowest BCUT2D eigenvalue weighted by Gasteiger charge is -2.24. The van der Waals surface area contributed by atoms with Crippen molar-refractivity contribution in [1.82, 2.24) is 0 Å². The minimum Gasteiger partial charge on any atom is -0.496 e. The molecule has 0 spiro atoms. The molecule has 1 unspecified atom stereocenters. The summed E-state index contributed by atoms with van der Waals surface area (Å²) >= 11 is 0.